The van der Waals surface area contributed by atoms with Crippen LogP contribution in [0.25, 0.3) is 0 Å². The van der Waals surface area contributed by atoms with Crippen LogP contribution in [0.3, 0.4) is 0 Å². The van der Waals surface area contributed by atoms with Crippen LogP contribution in [0.5, 0.6) is 5.75 Å². The number of ether oxygens (including phenoxy) is 1. The Labute approximate surface area is 211 Å². The van der Waals surface area contributed by atoms with E-state index in [4.69, 9.17) is 21.8 Å². The highest BCUT2D eigenvalue weighted by molar-refractivity contribution is 6.35. The maximum atomic E-state index is 13.9. The SMILES string of the molecule is O=C(O)c1cc(OC(F)=C(F)C(F)(F)C(F)(F)C(F)(F)C(F)(F)C(F)(F)C(F)(F)C(F)(F)F)c(Cl)c(C(=O)O)c1. The molecular formula is C17H4ClF17O5. The van der Waals surface area contributed by atoms with Crippen molar-refractivity contribution in [3.8, 4) is 5.75 Å². The van der Waals surface area contributed by atoms with Gasteiger partial charge in [0.15, 0.2) is 5.75 Å². The van der Waals surface area contributed by atoms with Crippen LogP contribution in [-0.2, 0) is 0 Å². The predicted octanol–water partition coefficient (Wildman–Crippen LogP) is 7.60. The Kier molecular flexibility index (Phi) is 8.72. The quantitative estimate of drug-likeness (QED) is 0.202. The molecule has 0 heterocycles. The third kappa shape index (κ3) is 5.04. The normalized spacial score (nSPS) is 15.1. The van der Waals surface area contributed by atoms with Crippen molar-refractivity contribution in [1.82, 2.24) is 0 Å². The molecule has 0 saturated carbocycles. The Morgan fingerprint density at radius 3 is 1.43 bits per heavy atom. The van der Waals surface area contributed by atoms with Crippen LogP contribution in [0, 0.1) is 0 Å². The van der Waals surface area contributed by atoms with Crippen molar-refractivity contribution in [3.05, 3.63) is 40.1 Å². The van der Waals surface area contributed by atoms with E-state index in [0.717, 1.165) is 0 Å². The number of alkyl halides is 15. The molecule has 0 bridgehead atoms. The summed E-state index contributed by atoms with van der Waals surface area (Å²) in [5.74, 6) is -61.7. The van der Waals surface area contributed by atoms with Crippen molar-refractivity contribution >= 4 is 23.5 Å². The van der Waals surface area contributed by atoms with Gasteiger partial charge in [0.25, 0.3) is 0 Å². The van der Waals surface area contributed by atoms with Gasteiger partial charge in [0.05, 0.1) is 16.1 Å². The molecule has 23 heteroatoms. The van der Waals surface area contributed by atoms with Gasteiger partial charge in [-0.25, -0.2) is 9.59 Å². The van der Waals surface area contributed by atoms with Crippen LogP contribution in [0.2, 0.25) is 5.02 Å². The number of carboxylic acids is 2. The van der Waals surface area contributed by atoms with Crippen LogP contribution in [0.15, 0.2) is 24.0 Å². The van der Waals surface area contributed by atoms with Gasteiger partial charge in [0.2, 0.25) is 5.83 Å². The summed E-state index contributed by atoms with van der Waals surface area (Å²) in [6.07, 6.45) is -7.88. The van der Waals surface area contributed by atoms with E-state index in [1.54, 1.807) is 0 Å². The second-order valence-electron chi connectivity index (χ2n) is 7.08. The van der Waals surface area contributed by atoms with Crippen molar-refractivity contribution in [2.24, 2.45) is 0 Å². The molecule has 1 aromatic carbocycles. The van der Waals surface area contributed by atoms with Crippen LogP contribution in [0.4, 0.5) is 74.6 Å². The molecule has 0 aliphatic carbocycles. The minimum absolute atomic E-state index is 0.122. The monoisotopic (exact) mass is 646 g/mol. The molecule has 0 aromatic heterocycles. The number of benzene rings is 1. The number of carbonyl (C=O) groups is 2. The highest BCUT2D eigenvalue weighted by Crippen LogP contribution is 2.63. The molecule has 0 unspecified atom stereocenters. The summed E-state index contributed by atoms with van der Waals surface area (Å²) in [5.41, 5.74) is -2.69. The van der Waals surface area contributed by atoms with E-state index in [1.165, 1.54) is 0 Å². The highest BCUT2D eigenvalue weighted by atomic mass is 35.5. The summed E-state index contributed by atoms with van der Waals surface area (Å²) in [6.45, 7) is 0. The fraction of sp³-hybridized carbons (Fsp3) is 0.412. The first-order valence-electron chi connectivity index (χ1n) is 8.82. The molecule has 0 saturated heterocycles. The Bertz CT molecular complexity index is 1220. The Morgan fingerprint density at radius 1 is 0.650 bits per heavy atom. The number of aromatic carboxylic acids is 2. The number of halogens is 18. The van der Waals surface area contributed by atoms with E-state index >= 15 is 0 Å². The molecule has 0 aliphatic rings. The number of carboxylic acid groups (broad SMARTS) is 2. The maximum absolute atomic E-state index is 13.9. The first-order valence-corrected chi connectivity index (χ1v) is 9.20. The molecule has 0 radical (unpaired) electrons. The molecule has 0 amide bonds. The molecule has 0 fully saturated rings. The molecule has 40 heavy (non-hydrogen) atoms. The number of allylic oxidation sites excluding steroid dienone is 1. The van der Waals surface area contributed by atoms with Gasteiger partial charge in [0.1, 0.15) is 0 Å². The molecule has 228 valence electrons. The van der Waals surface area contributed by atoms with E-state index in [2.05, 4.69) is 4.74 Å². The highest BCUT2D eigenvalue weighted by Gasteiger charge is 2.93. The van der Waals surface area contributed by atoms with Crippen molar-refractivity contribution in [1.29, 1.82) is 0 Å². The second-order valence-corrected chi connectivity index (χ2v) is 7.46. The van der Waals surface area contributed by atoms with E-state index in [0.29, 0.717) is 0 Å². The fourth-order valence-corrected chi connectivity index (χ4v) is 2.55. The maximum Gasteiger partial charge on any atom is 0.460 e. The lowest BCUT2D eigenvalue weighted by molar-refractivity contribution is -0.451. The predicted molar refractivity (Wildman–Crippen MR) is 91.0 cm³/mol. The summed E-state index contributed by atoms with van der Waals surface area (Å²) in [4.78, 5) is 21.9. The van der Waals surface area contributed by atoms with Crippen molar-refractivity contribution < 1.29 is 99.2 Å². The van der Waals surface area contributed by atoms with Gasteiger partial charge in [-0.3, -0.25) is 0 Å². The number of rotatable bonds is 10. The van der Waals surface area contributed by atoms with Gasteiger partial charge < -0.3 is 14.9 Å². The van der Waals surface area contributed by atoms with E-state index in [1.807, 2.05) is 0 Å². The minimum atomic E-state index is -8.78. The molecule has 0 aliphatic heterocycles. The zero-order valence-corrected chi connectivity index (χ0v) is 18.3. The summed E-state index contributed by atoms with van der Waals surface area (Å²) in [7, 11) is 0. The lowest BCUT2D eigenvalue weighted by Gasteiger charge is -2.41. The molecule has 2 N–H and O–H groups in total. The fourth-order valence-electron chi connectivity index (χ4n) is 2.32. The lowest BCUT2D eigenvalue weighted by Crippen LogP contribution is -2.72. The Hall–Kier alpha value is -3.20. The molecule has 5 nitrogen and oxygen atoms in total. The Morgan fingerprint density at radius 2 is 1.05 bits per heavy atom. The zero-order valence-electron chi connectivity index (χ0n) is 17.6. The number of hydrogen-bond acceptors (Lipinski definition) is 3. The van der Waals surface area contributed by atoms with Crippen LogP contribution in [0.1, 0.15) is 20.7 Å². The summed E-state index contributed by atoms with van der Waals surface area (Å²) in [6, 6.07) is -3.89. The molecular weight excluding hydrogens is 643 g/mol. The third-order valence-corrected chi connectivity index (χ3v) is 4.88. The average molecular weight is 647 g/mol. The van der Waals surface area contributed by atoms with Crippen molar-refractivity contribution in [3.63, 3.8) is 0 Å². The minimum Gasteiger partial charge on any atom is -0.478 e. The van der Waals surface area contributed by atoms with Gasteiger partial charge >= 0.3 is 59.7 Å². The topological polar surface area (TPSA) is 83.8 Å². The van der Waals surface area contributed by atoms with E-state index < -0.39 is 87.4 Å². The number of hydrogen-bond donors (Lipinski definition) is 2. The van der Waals surface area contributed by atoms with Gasteiger partial charge in [-0.2, -0.15) is 74.6 Å². The first-order chi connectivity index (χ1) is 17.4. The molecule has 0 atom stereocenters. The molecule has 1 aromatic rings. The van der Waals surface area contributed by atoms with Gasteiger partial charge in [0, 0.05) is 0 Å². The van der Waals surface area contributed by atoms with Gasteiger partial charge in [-0.05, 0) is 12.1 Å². The van der Waals surface area contributed by atoms with E-state index in [9.17, 15) is 84.2 Å². The second kappa shape index (κ2) is 10.0. The summed E-state index contributed by atoms with van der Waals surface area (Å²) < 4.78 is 229. The summed E-state index contributed by atoms with van der Waals surface area (Å²) >= 11 is 5.28. The standard InChI is InChI=1S/C17H4ClF17O5/c18-6-4(10(38)39)1-3(9(36)37)2-5(6)40-8(20)7(19)11(21,22)12(23,24)13(25,26)14(27,28)15(29,30)16(31,32)17(33,34)35/h1-2H,(H,36,37)(H,38,39). The van der Waals surface area contributed by atoms with E-state index in [-0.39, 0.29) is 12.1 Å². The van der Waals surface area contributed by atoms with Crippen LogP contribution < -0.4 is 4.74 Å². The zero-order chi connectivity index (χ0) is 32.2. The lowest BCUT2D eigenvalue weighted by atomic mass is 9.91. The van der Waals surface area contributed by atoms with Gasteiger partial charge in [-0.1, -0.05) is 11.6 Å². The van der Waals surface area contributed by atoms with Crippen LogP contribution in [-0.4, -0.2) is 63.9 Å². The molecule has 1 rings (SSSR count). The third-order valence-electron chi connectivity index (χ3n) is 4.49. The Balaban J connectivity index is 3.76. The van der Waals surface area contributed by atoms with Crippen molar-refractivity contribution in [2.75, 3.05) is 0 Å². The average Bonchev–Trinajstić information content (AvgIpc) is 2.77. The molecule has 0 spiro atoms. The smallest absolute Gasteiger partial charge is 0.460 e. The van der Waals surface area contributed by atoms with Gasteiger partial charge in [-0.15, -0.1) is 0 Å². The largest absolute Gasteiger partial charge is 0.478 e. The van der Waals surface area contributed by atoms with Crippen LogP contribution >= 0.6 is 11.6 Å². The summed E-state index contributed by atoms with van der Waals surface area (Å²) in [5, 5.41) is 16.1. The van der Waals surface area contributed by atoms with Crippen molar-refractivity contribution in [2.45, 2.75) is 41.7 Å². The first kappa shape index (κ1) is 34.8.